The zero-order valence-electron chi connectivity index (χ0n) is 11.7. The molecular weight excluding hydrogens is 255 g/mol. The maximum Gasteiger partial charge on any atom is 0.165 e. The van der Waals surface area contributed by atoms with Gasteiger partial charge in [0.15, 0.2) is 11.6 Å². The SMILES string of the molecule is CCC(Oc1cc(C)ccc1F)C(O)c1ccccc1. The molecule has 3 heteroatoms. The lowest BCUT2D eigenvalue weighted by Crippen LogP contribution is -2.25. The van der Waals surface area contributed by atoms with Gasteiger partial charge in [-0.3, -0.25) is 0 Å². The number of halogens is 1. The summed E-state index contributed by atoms with van der Waals surface area (Å²) in [4.78, 5) is 0. The van der Waals surface area contributed by atoms with Crippen LogP contribution in [-0.4, -0.2) is 11.2 Å². The van der Waals surface area contributed by atoms with Gasteiger partial charge in [0.2, 0.25) is 0 Å². The number of aliphatic hydroxyl groups excluding tert-OH is 1. The highest BCUT2D eigenvalue weighted by molar-refractivity contribution is 5.30. The molecule has 0 saturated heterocycles. The average Bonchev–Trinajstić information content (AvgIpc) is 2.48. The molecule has 106 valence electrons. The van der Waals surface area contributed by atoms with Crippen molar-refractivity contribution in [3.8, 4) is 5.75 Å². The summed E-state index contributed by atoms with van der Waals surface area (Å²) in [7, 11) is 0. The van der Waals surface area contributed by atoms with E-state index in [1.165, 1.54) is 6.07 Å². The minimum atomic E-state index is -0.777. The maximum absolute atomic E-state index is 13.7. The molecule has 20 heavy (non-hydrogen) atoms. The molecular formula is C17H19FO2. The Bertz CT molecular complexity index is 554. The van der Waals surface area contributed by atoms with Crippen molar-refractivity contribution in [1.29, 1.82) is 0 Å². The molecule has 0 saturated carbocycles. The zero-order valence-corrected chi connectivity index (χ0v) is 11.7. The lowest BCUT2D eigenvalue weighted by molar-refractivity contribution is 0.0309. The molecule has 0 radical (unpaired) electrons. The van der Waals surface area contributed by atoms with E-state index in [1.54, 1.807) is 12.1 Å². The van der Waals surface area contributed by atoms with Crippen molar-refractivity contribution >= 4 is 0 Å². The third-order valence-corrected chi connectivity index (χ3v) is 3.26. The average molecular weight is 274 g/mol. The van der Waals surface area contributed by atoms with E-state index in [1.807, 2.05) is 44.2 Å². The van der Waals surface area contributed by atoms with Crippen molar-refractivity contribution in [3.05, 3.63) is 65.5 Å². The van der Waals surface area contributed by atoms with Gasteiger partial charge in [0.1, 0.15) is 12.2 Å². The Morgan fingerprint density at radius 3 is 2.50 bits per heavy atom. The van der Waals surface area contributed by atoms with E-state index in [0.29, 0.717) is 6.42 Å². The minimum Gasteiger partial charge on any atom is -0.484 e. The molecule has 0 aliphatic rings. The summed E-state index contributed by atoms with van der Waals surface area (Å²) in [5.74, 6) is -0.221. The molecule has 0 heterocycles. The molecule has 0 spiro atoms. The second-order valence-electron chi connectivity index (χ2n) is 4.85. The lowest BCUT2D eigenvalue weighted by Gasteiger charge is -2.23. The molecule has 0 bridgehead atoms. The van der Waals surface area contributed by atoms with Crippen LogP contribution in [0.3, 0.4) is 0 Å². The first-order valence-corrected chi connectivity index (χ1v) is 6.77. The maximum atomic E-state index is 13.7. The van der Waals surface area contributed by atoms with Gasteiger partial charge in [0.05, 0.1) is 0 Å². The van der Waals surface area contributed by atoms with Gasteiger partial charge < -0.3 is 9.84 Å². The van der Waals surface area contributed by atoms with Crippen molar-refractivity contribution in [2.75, 3.05) is 0 Å². The normalized spacial score (nSPS) is 13.8. The Morgan fingerprint density at radius 2 is 1.85 bits per heavy atom. The van der Waals surface area contributed by atoms with Gasteiger partial charge in [-0.05, 0) is 36.6 Å². The monoisotopic (exact) mass is 274 g/mol. The first-order valence-electron chi connectivity index (χ1n) is 6.77. The molecule has 0 amide bonds. The van der Waals surface area contributed by atoms with Crippen LogP contribution in [0.4, 0.5) is 4.39 Å². The van der Waals surface area contributed by atoms with Gasteiger partial charge in [0, 0.05) is 0 Å². The lowest BCUT2D eigenvalue weighted by atomic mass is 10.0. The standard InChI is InChI=1S/C17H19FO2/c1-3-15(17(19)13-7-5-4-6-8-13)20-16-11-12(2)9-10-14(16)18/h4-11,15,17,19H,3H2,1-2H3. The number of aliphatic hydroxyl groups is 1. The van der Waals surface area contributed by atoms with E-state index >= 15 is 0 Å². The Hall–Kier alpha value is -1.87. The van der Waals surface area contributed by atoms with Crippen LogP contribution in [0.15, 0.2) is 48.5 Å². The van der Waals surface area contributed by atoms with E-state index in [0.717, 1.165) is 11.1 Å². The molecule has 2 aromatic rings. The van der Waals surface area contributed by atoms with Crippen LogP contribution < -0.4 is 4.74 Å². The topological polar surface area (TPSA) is 29.5 Å². The molecule has 0 aliphatic carbocycles. The van der Waals surface area contributed by atoms with Crippen molar-refractivity contribution in [2.45, 2.75) is 32.5 Å². The van der Waals surface area contributed by atoms with Crippen LogP contribution in [0.5, 0.6) is 5.75 Å². The number of hydrogen-bond acceptors (Lipinski definition) is 2. The summed E-state index contributed by atoms with van der Waals surface area (Å²) in [5.41, 5.74) is 1.69. The Morgan fingerprint density at radius 1 is 1.15 bits per heavy atom. The third-order valence-electron chi connectivity index (χ3n) is 3.26. The summed E-state index contributed by atoms with van der Waals surface area (Å²) in [6.07, 6.45) is -0.668. The van der Waals surface area contributed by atoms with Crippen molar-refractivity contribution < 1.29 is 14.2 Å². The summed E-state index contributed by atoms with van der Waals surface area (Å²) in [6.45, 7) is 3.78. The molecule has 0 fully saturated rings. The summed E-state index contributed by atoms with van der Waals surface area (Å²) in [5, 5.41) is 10.4. The van der Waals surface area contributed by atoms with Crippen LogP contribution >= 0.6 is 0 Å². The van der Waals surface area contributed by atoms with Gasteiger partial charge in [-0.15, -0.1) is 0 Å². The predicted molar refractivity (Wildman–Crippen MR) is 77.2 cm³/mol. The van der Waals surface area contributed by atoms with E-state index in [9.17, 15) is 9.50 Å². The van der Waals surface area contributed by atoms with Gasteiger partial charge >= 0.3 is 0 Å². The van der Waals surface area contributed by atoms with Gasteiger partial charge in [-0.25, -0.2) is 4.39 Å². The van der Waals surface area contributed by atoms with Crippen molar-refractivity contribution in [1.82, 2.24) is 0 Å². The Kier molecular flexibility index (Phi) is 4.74. The number of rotatable bonds is 5. The summed E-state index contributed by atoms with van der Waals surface area (Å²) >= 11 is 0. The smallest absolute Gasteiger partial charge is 0.165 e. The fraction of sp³-hybridized carbons (Fsp3) is 0.294. The fourth-order valence-electron chi connectivity index (χ4n) is 2.10. The first kappa shape index (κ1) is 14.5. The van der Waals surface area contributed by atoms with Gasteiger partial charge in [-0.2, -0.15) is 0 Å². The molecule has 2 atom stereocenters. The Labute approximate surface area is 118 Å². The molecule has 0 aliphatic heterocycles. The quantitative estimate of drug-likeness (QED) is 0.892. The van der Waals surface area contributed by atoms with Crippen LogP contribution in [0.1, 0.15) is 30.6 Å². The van der Waals surface area contributed by atoms with E-state index in [4.69, 9.17) is 4.74 Å². The largest absolute Gasteiger partial charge is 0.484 e. The summed E-state index contributed by atoms with van der Waals surface area (Å²) in [6, 6.07) is 14.0. The van der Waals surface area contributed by atoms with Gasteiger partial charge in [-0.1, -0.05) is 43.3 Å². The van der Waals surface area contributed by atoms with E-state index < -0.39 is 18.0 Å². The number of benzene rings is 2. The second-order valence-corrected chi connectivity index (χ2v) is 4.85. The number of ether oxygens (including phenoxy) is 1. The number of hydrogen-bond donors (Lipinski definition) is 1. The van der Waals surface area contributed by atoms with Crippen LogP contribution in [-0.2, 0) is 0 Å². The molecule has 2 aromatic carbocycles. The highest BCUT2D eigenvalue weighted by atomic mass is 19.1. The number of aryl methyl sites for hydroxylation is 1. The van der Waals surface area contributed by atoms with Crippen molar-refractivity contribution in [3.63, 3.8) is 0 Å². The summed E-state index contributed by atoms with van der Waals surface area (Å²) < 4.78 is 19.4. The molecule has 2 rings (SSSR count). The Balaban J connectivity index is 2.18. The predicted octanol–water partition coefficient (Wildman–Crippen LogP) is 4.03. The highest BCUT2D eigenvalue weighted by Crippen LogP contribution is 2.26. The fourth-order valence-corrected chi connectivity index (χ4v) is 2.10. The zero-order chi connectivity index (χ0) is 14.5. The molecule has 0 aromatic heterocycles. The molecule has 2 unspecified atom stereocenters. The molecule has 2 nitrogen and oxygen atoms in total. The minimum absolute atomic E-state index is 0.187. The third kappa shape index (κ3) is 3.36. The van der Waals surface area contributed by atoms with E-state index in [-0.39, 0.29) is 5.75 Å². The van der Waals surface area contributed by atoms with E-state index in [2.05, 4.69) is 0 Å². The highest BCUT2D eigenvalue weighted by Gasteiger charge is 2.22. The van der Waals surface area contributed by atoms with Gasteiger partial charge in [0.25, 0.3) is 0 Å². The second kappa shape index (κ2) is 6.53. The van der Waals surface area contributed by atoms with Crippen LogP contribution in [0.2, 0.25) is 0 Å². The van der Waals surface area contributed by atoms with Crippen LogP contribution in [0.25, 0.3) is 0 Å². The molecule has 1 N–H and O–H groups in total. The van der Waals surface area contributed by atoms with Crippen molar-refractivity contribution in [2.24, 2.45) is 0 Å². The van der Waals surface area contributed by atoms with Crippen LogP contribution in [0, 0.1) is 12.7 Å². The first-order chi connectivity index (χ1) is 9.61.